The molecule has 350 valence electrons. The molecule has 0 unspecified atom stereocenters. The van der Waals surface area contributed by atoms with Crippen LogP contribution in [0.15, 0.2) is 230 Å². The molecule has 2 nitrogen and oxygen atoms in total. The Morgan fingerprint density at radius 1 is 0.397 bits per heavy atom. The first-order valence-corrected chi connectivity index (χ1v) is 27.3. The van der Waals surface area contributed by atoms with E-state index in [0.29, 0.717) is 0 Å². The number of benzene rings is 9. The van der Waals surface area contributed by atoms with Gasteiger partial charge < -0.3 is 9.80 Å². The fourth-order valence-corrected chi connectivity index (χ4v) is 14.4. The van der Waals surface area contributed by atoms with Gasteiger partial charge in [-0.25, -0.2) is 0 Å². The zero-order valence-electron chi connectivity index (χ0n) is 41.0. The Morgan fingerprint density at radius 3 is 1.68 bits per heavy atom. The summed E-state index contributed by atoms with van der Waals surface area (Å²) in [5, 5.41) is 4.06. The number of allylic oxidation sites excluding steroid dienone is 5. The largest absolute Gasteiger partial charge is 0.311 e. The molecule has 0 aliphatic heterocycles. The molecular formula is C69H52N2S2. The van der Waals surface area contributed by atoms with Gasteiger partial charge in [-0.15, -0.1) is 22.7 Å². The van der Waals surface area contributed by atoms with Crippen LogP contribution in [0, 0.1) is 0 Å². The molecule has 0 N–H and O–H groups in total. The normalized spacial score (nSPS) is 14.4. The summed E-state index contributed by atoms with van der Waals surface area (Å²) in [5.41, 5.74) is 21.3. The maximum Gasteiger partial charge on any atom is 0.0465 e. The number of hydrogen-bond donors (Lipinski definition) is 0. The van der Waals surface area contributed by atoms with Crippen LogP contribution in [-0.4, -0.2) is 0 Å². The molecule has 9 aromatic carbocycles. The molecule has 0 fully saturated rings. The molecule has 0 bridgehead atoms. The molecule has 0 saturated carbocycles. The van der Waals surface area contributed by atoms with E-state index in [9.17, 15) is 0 Å². The standard InChI is InChI=1S/C69H52N2S2/c1-69(2)63-20-9-6-15-57(63)58-41-40-55(44-64(58)69)71(52-32-27-46(28-33-52)45-23-25-48(26-24-45)56-18-12-19-61-59-16-7-11-22-66(59)73-68(56)61)54-38-36-53(37-39-54)70(50-13-4-3-5-14-50)51-34-29-47(30-35-51)49-31-42-67-62(43-49)60-17-8-10-21-65(60)72-67/h3-7,10-16,18-19,21-44H,8-9,17,20H2,1-2H3. The Balaban J connectivity index is 0.808. The number of fused-ring (bicyclic) bond motifs is 8. The van der Waals surface area contributed by atoms with Crippen molar-refractivity contribution in [3.63, 3.8) is 0 Å². The van der Waals surface area contributed by atoms with Crippen LogP contribution in [-0.2, 0) is 11.8 Å². The van der Waals surface area contributed by atoms with Crippen molar-refractivity contribution in [1.29, 1.82) is 0 Å². The van der Waals surface area contributed by atoms with Gasteiger partial charge in [-0.2, -0.15) is 0 Å². The van der Waals surface area contributed by atoms with Crippen molar-refractivity contribution in [2.45, 2.75) is 44.9 Å². The number of rotatable bonds is 9. The first kappa shape index (κ1) is 43.7. The minimum atomic E-state index is -0.0428. The summed E-state index contributed by atoms with van der Waals surface area (Å²) in [4.78, 5) is 6.22. The van der Waals surface area contributed by atoms with E-state index in [4.69, 9.17) is 0 Å². The lowest BCUT2D eigenvalue weighted by Gasteiger charge is -2.30. The summed E-state index contributed by atoms with van der Waals surface area (Å²) in [5.74, 6) is 0. The third-order valence-corrected chi connectivity index (χ3v) is 18.1. The van der Waals surface area contributed by atoms with Gasteiger partial charge in [-0.05, 0) is 184 Å². The van der Waals surface area contributed by atoms with Crippen LogP contribution >= 0.6 is 22.7 Å². The van der Waals surface area contributed by atoms with E-state index in [2.05, 4.69) is 254 Å². The smallest absolute Gasteiger partial charge is 0.0465 e. The van der Waals surface area contributed by atoms with Crippen LogP contribution in [0.1, 0.15) is 54.7 Å². The first-order chi connectivity index (χ1) is 35.9. The van der Waals surface area contributed by atoms with Crippen molar-refractivity contribution in [1.82, 2.24) is 0 Å². The molecule has 3 aliphatic carbocycles. The minimum absolute atomic E-state index is 0.0428. The fraction of sp³-hybridized carbons (Fsp3) is 0.101. The highest BCUT2D eigenvalue weighted by Crippen LogP contribution is 2.52. The third kappa shape index (κ3) is 7.50. The highest BCUT2D eigenvalue weighted by molar-refractivity contribution is 7.26. The molecule has 0 amide bonds. The second-order valence-corrected chi connectivity index (χ2v) is 22.4. The lowest BCUT2D eigenvalue weighted by Crippen LogP contribution is -2.19. The Labute approximate surface area is 435 Å². The van der Waals surface area contributed by atoms with Crippen LogP contribution in [0.25, 0.3) is 75.3 Å². The summed E-state index contributed by atoms with van der Waals surface area (Å²) >= 11 is 3.80. The molecule has 11 aromatic rings. The number of aryl methyl sites for hydroxylation is 1. The predicted molar refractivity (Wildman–Crippen MR) is 316 cm³/mol. The van der Waals surface area contributed by atoms with Gasteiger partial charge in [0.05, 0.1) is 0 Å². The maximum atomic E-state index is 2.46. The lowest BCUT2D eigenvalue weighted by molar-refractivity contribution is 0.607. The van der Waals surface area contributed by atoms with Crippen LogP contribution in [0.3, 0.4) is 0 Å². The molecule has 2 aromatic heterocycles. The third-order valence-electron chi connectivity index (χ3n) is 15.7. The summed E-state index contributed by atoms with van der Waals surface area (Å²) in [6.45, 7) is 4.83. The number of hydrogen-bond acceptors (Lipinski definition) is 4. The quantitative estimate of drug-likeness (QED) is 0.142. The topological polar surface area (TPSA) is 6.48 Å². The van der Waals surface area contributed by atoms with Gasteiger partial charge >= 0.3 is 0 Å². The lowest BCUT2D eigenvalue weighted by atomic mass is 9.78. The molecule has 0 spiro atoms. The van der Waals surface area contributed by atoms with Crippen molar-refractivity contribution in [3.8, 4) is 33.4 Å². The number of thiophene rings is 2. The van der Waals surface area contributed by atoms with Gasteiger partial charge in [0.25, 0.3) is 0 Å². The number of nitrogens with zero attached hydrogens (tertiary/aromatic N) is 2. The van der Waals surface area contributed by atoms with E-state index in [1.807, 2.05) is 22.7 Å². The molecule has 4 heteroatoms. The predicted octanol–water partition coefficient (Wildman–Crippen LogP) is 20.6. The molecular weight excluding hydrogens is 921 g/mol. The molecule has 3 aliphatic rings. The van der Waals surface area contributed by atoms with Crippen molar-refractivity contribution in [2.75, 3.05) is 9.80 Å². The second-order valence-electron chi connectivity index (χ2n) is 20.3. The van der Waals surface area contributed by atoms with Gasteiger partial charge in [-0.3, -0.25) is 0 Å². The van der Waals surface area contributed by atoms with E-state index in [1.54, 1.807) is 5.57 Å². The van der Waals surface area contributed by atoms with E-state index >= 15 is 0 Å². The summed E-state index contributed by atoms with van der Waals surface area (Å²) in [7, 11) is 0. The van der Waals surface area contributed by atoms with E-state index in [1.165, 1.54) is 90.8 Å². The maximum absolute atomic E-state index is 2.46. The van der Waals surface area contributed by atoms with Crippen LogP contribution < -0.4 is 9.80 Å². The molecule has 0 radical (unpaired) electrons. The van der Waals surface area contributed by atoms with Gasteiger partial charge in [0.1, 0.15) is 0 Å². The van der Waals surface area contributed by atoms with E-state index in [0.717, 1.165) is 59.8 Å². The Bertz CT molecular complexity index is 4020. The van der Waals surface area contributed by atoms with Crippen molar-refractivity contribution >= 4 is 98.7 Å². The zero-order valence-corrected chi connectivity index (χ0v) is 42.6. The Hall–Kier alpha value is -8.02. The molecule has 14 rings (SSSR count). The molecule has 0 saturated heterocycles. The summed E-state index contributed by atoms with van der Waals surface area (Å²) < 4.78 is 4.05. The average Bonchev–Trinajstić information content (AvgIpc) is 4.09. The van der Waals surface area contributed by atoms with Crippen molar-refractivity contribution in [2.24, 2.45) is 0 Å². The number of anilines is 6. The minimum Gasteiger partial charge on any atom is -0.311 e. The van der Waals surface area contributed by atoms with Crippen LogP contribution in [0.4, 0.5) is 34.1 Å². The molecule has 2 heterocycles. The molecule has 0 atom stereocenters. The van der Waals surface area contributed by atoms with Crippen molar-refractivity contribution in [3.05, 3.63) is 252 Å². The summed E-state index contributed by atoms with van der Waals surface area (Å²) in [6, 6.07) is 76.9. The molecule has 73 heavy (non-hydrogen) atoms. The van der Waals surface area contributed by atoms with Crippen LogP contribution in [0.2, 0.25) is 0 Å². The number of para-hydroxylation sites is 1. The van der Waals surface area contributed by atoms with Gasteiger partial charge in [0, 0.05) is 69.3 Å². The van der Waals surface area contributed by atoms with Gasteiger partial charge in [0.2, 0.25) is 0 Å². The monoisotopic (exact) mass is 972 g/mol. The highest BCUT2D eigenvalue weighted by atomic mass is 32.1. The van der Waals surface area contributed by atoms with E-state index < -0.39 is 0 Å². The fourth-order valence-electron chi connectivity index (χ4n) is 12.0. The zero-order chi connectivity index (χ0) is 48.6. The first-order valence-electron chi connectivity index (χ1n) is 25.7. The second kappa shape index (κ2) is 17.6. The summed E-state index contributed by atoms with van der Waals surface area (Å²) in [6.07, 6.45) is 13.8. The Kier molecular flexibility index (Phi) is 10.6. The van der Waals surface area contributed by atoms with E-state index in [-0.39, 0.29) is 5.41 Å². The van der Waals surface area contributed by atoms with Crippen molar-refractivity contribution < 1.29 is 0 Å². The van der Waals surface area contributed by atoms with Gasteiger partial charge in [0.15, 0.2) is 0 Å². The Morgan fingerprint density at radius 2 is 0.945 bits per heavy atom. The average molecular weight is 973 g/mol. The highest BCUT2D eigenvalue weighted by Gasteiger charge is 2.38. The van der Waals surface area contributed by atoms with Gasteiger partial charge in [-0.1, -0.05) is 153 Å². The SMILES string of the molecule is CC1(C)C2=C(C=CCC2)c2ccc(N(c3ccc(-c4ccc(-c5cccc6c5sc5ccccc56)cc4)cc3)c3ccc(N(c4ccccc4)c4ccc(-c5ccc6sc7c(c6c5)CCC=C7)cc4)cc3)cc21. The van der Waals surface area contributed by atoms with Crippen LogP contribution in [0.5, 0.6) is 0 Å².